The molecule has 6 nitrogen and oxygen atoms in total. The molecule has 0 aliphatic carbocycles. The molecule has 2 aliphatic heterocycles. The third-order valence-corrected chi connectivity index (χ3v) is 8.60. The van der Waals surface area contributed by atoms with Gasteiger partial charge in [-0.15, -0.1) is 0 Å². The molecule has 0 aromatic heterocycles. The van der Waals surface area contributed by atoms with E-state index in [2.05, 4.69) is 4.99 Å². The van der Waals surface area contributed by atoms with Crippen LogP contribution in [-0.2, 0) is 21.2 Å². The van der Waals surface area contributed by atoms with Crippen LogP contribution in [0.25, 0.3) is 0 Å². The number of ether oxygens (including phenoxy) is 1. The van der Waals surface area contributed by atoms with E-state index in [1.54, 1.807) is 0 Å². The van der Waals surface area contributed by atoms with Crippen molar-refractivity contribution < 1.29 is 17.9 Å². The second-order valence-electron chi connectivity index (χ2n) is 7.83. The van der Waals surface area contributed by atoms with E-state index >= 15 is 0 Å². The lowest BCUT2D eigenvalue weighted by Crippen LogP contribution is -2.37. The molecule has 0 unspecified atom stereocenters. The van der Waals surface area contributed by atoms with Gasteiger partial charge >= 0.3 is 0 Å². The second kappa shape index (κ2) is 9.44. The number of amides is 1. The Bertz CT molecular complexity index is 1050. The van der Waals surface area contributed by atoms with Gasteiger partial charge < -0.3 is 9.64 Å². The van der Waals surface area contributed by atoms with Crippen LogP contribution in [0.1, 0.15) is 31.7 Å². The number of carbonyl (C=O) groups excluding carboxylic acids is 1. The summed E-state index contributed by atoms with van der Waals surface area (Å²) in [6, 6.07) is 17.3. The number of fused-ring (bicyclic) bond motifs is 1. The van der Waals surface area contributed by atoms with Crippen LogP contribution in [0, 0.1) is 0 Å². The van der Waals surface area contributed by atoms with Gasteiger partial charge in [0.25, 0.3) is 0 Å². The zero-order valence-corrected chi connectivity index (χ0v) is 19.1. The summed E-state index contributed by atoms with van der Waals surface area (Å²) in [6.45, 7) is 2.51. The molecule has 2 aliphatic rings. The summed E-state index contributed by atoms with van der Waals surface area (Å²) in [6.07, 6.45) is 2.14. The number of hydrogen-bond acceptors (Lipinski definition) is 5. The number of hydrogen-bond donors (Lipinski definition) is 0. The highest BCUT2D eigenvalue weighted by Crippen LogP contribution is 2.41. The van der Waals surface area contributed by atoms with Crippen molar-refractivity contribution in [3.05, 3.63) is 60.2 Å². The van der Waals surface area contributed by atoms with Crippen LogP contribution in [0.2, 0.25) is 0 Å². The maximum atomic E-state index is 12.3. The Labute approximate surface area is 187 Å². The predicted molar refractivity (Wildman–Crippen MR) is 125 cm³/mol. The molecule has 2 heterocycles. The van der Waals surface area contributed by atoms with Gasteiger partial charge in [-0.2, -0.15) is 4.99 Å². The van der Waals surface area contributed by atoms with Crippen LogP contribution in [0.3, 0.4) is 0 Å². The van der Waals surface area contributed by atoms with Crippen LogP contribution < -0.4 is 9.64 Å². The fraction of sp³-hybridized carbons (Fsp3) is 0.391. The molecule has 0 spiro atoms. The number of carbonyl (C=O) groups is 1. The molecule has 4 rings (SSSR count). The van der Waals surface area contributed by atoms with Gasteiger partial charge in [0.05, 0.1) is 17.5 Å². The van der Waals surface area contributed by atoms with E-state index in [1.807, 2.05) is 66.4 Å². The third-order valence-electron chi connectivity index (χ3n) is 5.39. The number of anilines is 1. The number of amidine groups is 1. The molecular formula is C23H26N2O4S2. The van der Waals surface area contributed by atoms with E-state index in [-0.39, 0.29) is 28.7 Å². The Balaban J connectivity index is 1.53. The zero-order valence-electron chi connectivity index (χ0n) is 17.4. The number of aliphatic imine (C=N–C) groups is 1. The molecule has 2 atom stereocenters. The van der Waals surface area contributed by atoms with Crippen molar-refractivity contribution in [2.45, 2.75) is 44.1 Å². The van der Waals surface area contributed by atoms with Gasteiger partial charge in [-0.3, -0.25) is 4.79 Å². The average molecular weight is 459 g/mol. The highest BCUT2D eigenvalue weighted by atomic mass is 32.2. The fourth-order valence-corrected chi connectivity index (χ4v) is 7.73. The van der Waals surface area contributed by atoms with Crippen molar-refractivity contribution in [3.63, 3.8) is 0 Å². The monoisotopic (exact) mass is 458 g/mol. The van der Waals surface area contributed by atoms with E-state index < -0.39 is 9.84 Å². The lowest BCUT2D eigenvalue weighted by Gasteiger charge is -2.24. The molecular weight excluding hydrogens is 432 g/mol. The Morgan fingerprint density at radius 1 is 1.13 bits per heavy atom. The highest BCUT2D eigenvalue weighted by molar-refractivity contribution is 8.16. The van der Waals surface area contributed by atoms with Gasteiger partial charge in [0.2, 0.25) is 5.91 Å². The summed E-state index contributed by atoms with van der Waals surface area (Å²) in [5, 5.41) is 0.501. The minimum absolute atomic E-state index is 0.0824. The number of sulfone groups is 1. The molecule has 2 fully saturated rings. The van der Waals surface area contributed by atoms with Crippen molar-refractivity contribution in [2.24, 2.45) is 4.99 Å². The smallest absolute Gasteiger partial charge is 0.248 e. The lowest BCUT2D eigenvalue weighted by atomic mass is 10.2. The Kier molecular flexibility index (Phi) is 6.67. The van der Waals surface area contributed by atoms with Crippen LogP contribution in [0.4, 0.5) is 5.69 Å². The van der Waals surface area contributed by atoms with Crippen LogP contribution >= 0.6 is 11.8 Å². The summed E-state index contributed by atoms with van der Waals surface area (Å²) in [4.78, 5) is 18.6. The molecule has 164 valence electrons. The van der Waals surface area contributed by atoms with E-state index in [0.717, 1.165) is 29.8 Å². The van der Waals surface area contributed by atoms with Crippen molar-refractivity contribution in [1.29, 1.82) is 0 Å². The largest absolute Gasteiger partial charge is 0.489 e. The van der Waals surface area contributed by atoms with Crippen LogP contribution in [-0.4, -0.2) is 42.3 Å². The first-order chi connectivity index (χ1) is 14.9. The van der Waals surface area contributed by atoms with Crippen LogP contribution in [0.15, 0.2) is 59.6 Å². The summed E-state index contributed by atoms with van der Waals surface area (Å²) in [5.41, 5.74) is 1.91. The summed E-state index contributed by atoms with van der Waals surface area (Å²) >= 11 is 1.40. The van der Waals surface area contributed by atoms with Gasteiger partial charge in [-0.25, -0.2) is 8.42 Å². The topological polar surface area (TPSA) is 76.0 Å². The Morgan fingerprint density at radius 2 is 1.87 bits per heavy atom. The Morgan fingerprint density at radius 3 is 2.58 bits per heavy atom. The molecule has 0 radical (unpaired) electrons. The first-order valence-electron chi connectivity index (χ1n) is 10.5. The number of rotatable bonds is 7. The first-order valence-corrected chi connectivity index (χ1v) is 13.2. The van der Waals surface area contributed by atoms with E-state index in [9.17, 15) is 13.2 Å². The standard InChI is InChI=1S/C23H26N2O4S2/c1-2-3-9-22(26)24-23-25(20-15-31(27,28)16-21(20)30-23)18-10-12-19(13-11-18)29-14-17-7-5-4-6-8-17/h4-8,10-13,20-21H,2-3,9,14-16H2,1H3/t20-,21+/m1/s1. The van der Waals surface area contributed by atoms with Crippen molar-refractivity contribution in [1.82, 2.24) is 0 Å². The maximum Gasteiger partial charge on any atom is 0.248 e. The minimum Gasteiger partial charge on any atom is -0.489 e. The zero-order chi connectivity index (χ0) is 21.8. The van der Waals surface area contributed by atoms with Gasteiger partial charge in [-0.05, 0) is 36.2 Å². The quantitative estimate of drug-likeness (QED) is 0.623. The van der Waals surface area contributed by atoms with E-state index in [1.165, 1.54) is 11.8 Å². The third kappa shape index (κ3) is 5.30. The summed E-state index contributed by atoms with van der Waals surface area (Å²) in [5.74, 6) is 0.783. The molecule has 31 heavy (non-hydrogen) atoms. The van der Waals surface area contributed by atoms with Crippen molar-refractivity contribution in [2.75, 3.05) is 16.4 Å². The van der Waals surface area contributed by atoms with Gasteiger partial charge in [0.15, 0.2) is 15.0 Å². The number of thioether (sulfide) groups is 1. The second-order valence-corrected chi connectivity index (χ2v) is 11.2. The fourth-order valence-electron chi connectivity index (χ4n) is 3.80. The van der Waals surface area contributed by atoms with Crippen molar-refractivity contribution in [3.8, 4) is 5.75 Å². The number of benzene rings is 2. The SMILES string of the molecule is CCCCC(=O)N=C1S[C@H]2CS(=O)(=O)C[C@H]2N1c1ccc(OCc2ccccc2)cc1. The lowest BCUT2D eigenvalue weighted by molar-refractivity contribution is -0.117. The van der Waals surface area contributed by atoms with Crippen molar-refractivity contribution >= 4 is 38.4 Å². The minimum atomic E-state index is -3.09. The number of unbranched alkanes of at least 4 members (excludes halogenated alkanes) is 1. The predicted octanol–water partition coefficient (Wildman–Crippen LogP) is 4.06. The van der Waals surface area contributed by atoms with Crippen LogP contribution in [0.5, 0.6) is 5.75 Å². The summed E-state index contributed by atoms with van der Waals surface area (Å²) < 4.78 is 30.3. The molecule has 0 N–H and O–H groups in total. The normalized spacial score (nSPS) is 23.1. The molecule has 2 saturated heterocycles. The van der Waals surface area contributed by atoms with Gasteiger partial charge in [0, 0.05) is 17.4 Å². The first kappa shape index (κ1) is 21.9. The molecule has 2 aromatic rings. The Hall–Kier alpha value is -2.32. The molecule has 1 amide bonds. The molecule has 2 aromatic carbocycles. The number of nitrogens with zero attached hydrogens (tertiary/aromatic N) is 2. The molecule has 0 saturated carbocycles. The molecule has 0 bridgehead atoms. The summed E-state index contributed by atoms with van der Waals surface area (Å²) in [7, 11) is -3.09. The molecule has 8 heteroatoms. The van der Waals surface area contributed by atoms with Gasteiger partial charge in [0.1, 0.15) is 12.4 Å². The van der Waals surface area contributed by atoms with Gasteiger partial charge in [-0.1, -0.05) is 55.4 Å². The van der Waals surface area contributed by atoms with E-state index in [0.29, 0.717) is 18.2 Å². The van der Waals surface area contributed by atoms with E-state index in [4.69, 9.17) is 4.74 Å². The average Bonchev–Trinajstić information content (AvgIpc) is 3.22. The maximum absolute atomic E-state index is 12.3. The highest BCUT2D eigenvalue weighted by Gasteiger charge is 2.49.